The Balaban J connectivity index is 2.23. The van der Waals surface area contributed by atoms with Gasteiger partial charge < -0.3 is 0 Å². The van der Waals surface area contributed by atoms with Crippen molar-refractivity contribution in [3.63, 3.8) is 0 Å². The maximum Gasteiger partial charge on any atom is 0.392 e. The minimum Gasteiger partial charge on any atom is -0.171 e. The van der Waals surface area contributed by atoms with Gasteiger partial charge in [-0.05, 0) is 31.2 Å². The Hall–Kier alpha value is -0.990. The van der Waals surface area contributed by atoms with Crippen molar-refractivity contribution in [3.05, 3.63) is 35.4 Å². The topological polar surface area (TPSA) is 0 Å². The summed E-state index contributed by atoms with van der Waals surface area (Å²) in [5, 5.41) is 0. The molecule has 0 saturated heterocycles. The Labute approximate surface area is 93.5 Å². The van der Waals surface area contributed by atoms with Crippen molar-refractivity contribution in [2.75, 3.05) is 0 Å². The molecule has 0 amide bonds. The van der Waals surface area contributed by atoms with Gasteiger partial charge in [0.2, 0.25) is 0 Å². The zero-order valence-corrected chi connectivity index (χ0v) is 9.22. The molecule has 0 N–H and O–H groups in total. The second-order valence-corrected chi connectivity index (χ2v) is 4.60. The normalized spacial score (nSPS) is 26.0. The fourth-order valence-corrected chi connectivity index (χ4v) is 2.56. The molecule has 1 aliphatic carbocycles. The first-order chi connectivity index (χ1) is 7.48. The summed E-state index contributed by atoms with van der Waals surface area (Å²) in [6.07, 6.45) is -2.43. The van der Waals surface area contributed by atoms with E-state index in [1.807, 2.05) is 31.2 Å². The fraction of sp³-hybridized carbons (Fsp3) is 0.538. The molecule has 2 rings (SSSR count). The number of rotatable bonds is 1. The van der Waals surface area contributed by atoms with Crippen molar-refractivity contribution in [2.45, 2.75) is 38.3 Å². The summed E-state index contributed by atoms with van der Waals surface area (Å²) < 4.78 is 38.3. The highest BCUT2D eigenvalue weighted by Crippen LogP contribution is 2.47. The highest BCUT2D eigenvalue weighted by atomic mass is 19.4. The Kier molecular flexibility index (Phi) is 2.96. The van der Waals surface area contributed by atoms with Gasteiger partial charge in [-0.2, -0.15) is 13.2 Å². The van der Waals surface area contributed by atoms with E-state index in [4.69, 9.17) is 0 Å². The van der Waals surface area contributed by atoms with Crippen molar-refractivity contribution < 1.29 is 13.2 Å². The number of benzene rings is 1. The van der Waals surface area contributed by atoms with Crippen LogP contribution in [0.2, 0.25) is 0 Å². The van der Waals surface area contributed by atoms with E-state index >= 15 is 0 Å². The highest BCUT2D eigenvalue weighted by molar-refractivity contribution is 5.26. The van der Waals surface area contributed by atoms with Crippen LogP contribution in [0.25, 0.3) is 0 Å². The molecular formula is C13H15F3. The lowest BCUT2D eigenvalue weighted by atomic mass is 9.88. The molecule has 0 nitrogen and oxygen atoms in total. The summed E-state index contributed by atoms with van der Waals surface area (Å²) in [4.78, 5) is 0. The van der Waals surface area contributed by atoms with Crippen LogP contribution in [-0.2, 0) is 0 Å². The van der Waals surface area contributed by atoms with E-state index in [0.29, 0.717) is 12.8 Å². The molecule has 0 spiro atoms. The van der Waals surface area contributed by atoms with Crippen LogP contribution in [-0.4, -0.2) is 6.18 Å². The van der Waals surface area contributed by atoms with Crippen molar-refractivity contribution in [1.82, 2.24) is 0 Å². The van der Waals surface area contributed by atoms with Gasteiger partial charge in [0.15, 0.2) is 0 Å². The molecule has 0 bridgehead atoms. The van der Waals surface area contributed by atoms with Crippen molar-refractivity contribution in [3.8, 4) is 0 Å². The Bertz CT molecular complexity index is 350. The molecule has 3 heteroatoms. The Morgan fingerprint density at radius 1 is 1.06 bits per heavy atom. The summed E-state index contributed by atoms with van der Waals surface area (Å²) >= 11 is 0. The molecular weight excluding hydrogens is 213 g/mol. The summed E-state index contributed by atoms with van der Waals surface area (Å²) in [6, 6.07) is 7.45. The standard InChI is InChI=1S/C13H15F3/c1-9-5-7-10(8-6-9)11-3-2-4-12(11)13(14,15)16/h5-8,11-12H,2-4H2,1H3. The van der Waals surface area contributed by atoms with Gasteiger partial charge in [-0.3, -0.25) is 0 Å². The van der Waals surface area contributed by atoms with Crippen LogP contribution in [0.3, 0.4) is 0 Å². The number of aryl methyl sites for hydroxylation is 1. The predicted molar refractivity (Wildman–Crippen MR) is 57.3 cm³/mol. The first-order valence-electron chi connectivity index (χ1n) is 5.62. The maximum atomic E-state index is 12.8. The van der Waals surface area contributed by atoms with Crippen LogP contribution >= 0.6 is 0 Å². The van der Waals surface area contributed by atoms with Crippen molar-refractivity contribution in [2.24, 2.45) is 5.92 Å². The highest BCUT2D eigenvalue weighted by Gasteiger charge is 2.47. The lowest BCUT2D eigenvalue weighted by molar-refractivity contribution is -0.176. The van der Waals surface area contributed by atoms with E-state index in [1.165, 1.54) is 0 Å². The maximum absolute atomic E-state index is 12.8. The van der Waals surface area contributed by atoms with Crippen LogP contribution in [0.5, 0.6) is 0 Å². The van der Waals surface area contributed by atoms with Gasteiger partial charge in [0.05, 0.1) is 5.92 Å². The monoisotopic (exact) mass is 228 g/mol. The molecule has 88 valence electrons. The van der Waals surface area contributed by atoms with E-state index in [2.05, 4.69) is 0 Å². The van der Waals surface area contributed by atoms with Crippen LogP contribution in [0, 0.1) is 12.8 Å². The first kappa shape index (κ1) is 11.5. The zero-order chi connectivity index (χ0) is 11.8. The van der Waals surface area contributed by atoms with Crippen molar-refractivity contribution in [1.29, 1.82) is 0 Å². The lowest BCUT2D eigenvalue weighted by Crippen LogP contribution is -2.25. The average Bonchev–Trinajstić information content (AvgIpc) is 2.66. The summed E-state index contributed by atoms with van der Waals surface area (Å²) in [7, 11) is 0. The van der Waals surface area contributed by atoms with Crippen LogP contribution < -0.4 is 0 Å². The minimum atomic E-state index is -4.05. The number of hydrogen-bond acceptors (Lipinski definition) is 0. The predicted octanol–water partition coefficient (Wildman–Crippen LogP) is 4.44. The summed E-state index contributed by atoms with van der Waals surface area (Å²) in [6.45, 7) is 1.94. The summed E-state index contributed by atoms with van der Waals surface area (Å²) in [5.41, 5.74) is 1.93. The average molecular weight is 228 g/mol. The van der Waals surface area contributed by atoms with Gasteiger partial charge in [-0.1, -0.05) is 36.2 Å². The van der Waals surface area contributed by atoms with Gasteiger partial charge >= 0.3 is 6.18 Å². The number of halogens is 3. The van der Waals surface area contributed by atoms with Crippen molar-refractivity contribution >= 4 is 0 Å². The van der Waals surface area contributed by atoms with Gasteiger partial charge in [0.25, 0.3) is 0 Å². The molecule has 0 heterocycles. The van der Waals surface area contributed by atoms with Crippen LogP contribution in [0.15, 0.2) is 24.3 Å². The molecule has 1 saturated carbocycles. The second-order valence-electron chi connectivity index (χ2n) is 4.60. The van der Waals surface area contributed by atoms with Crippen LogP contribution in [0.1, 0.15) is 36.3 Å². The van der Waals surface area contributed by atoms with E-state index in [0.717, 1.165) is 11.1 Å². The largest absolute Gasteiger partial charge is 0.392 e. The molecule has 2 unspecified atom stereocenters. The fourth-order valence-electron chi connectivity index (χ4n) is 2.56. The zero-order valence-electron chi connectivity index (χ0n) is 9.22. The first-order valence-corrected chi connectivity index (χ1v) is 5.62. The Morgan fingerprint density at radius 2 is 1.69 bits per heavy atom. The smallest absolute Gasteiger partial charge is 0.171 e. The van der Waals surface area contributed by atoms with Gasteiger partial charge in [-0.25, -0.2) is 0 Å². The molecule has 0 aromatic heterocycles. The molecule has 0 radical (unpaired) electrons. The quantitative estimate of drug-likeness (QED) is 0.666. The van der Waals surface area contributed by atoms with E-state index < -0.39 is 12.1 Å². The third-order valence-electron chi connectivity index (χ3n) is 3.44. The van der Waals surface area contributed by atoms with E-state index in [1.54, 1.807) is 0 Å². The Morgan fingerprint density at radius 3 is 2.25 bits per heavy atom. The molecule has 2 atom stereocenters. The second kappa shape index (κ2) is 4.11. The molecule has 1 fully saturated rings. The third kappa shape index (κ3) is 2.23. The molecule has 0 aliphatic heterocycles. The SMILES string of the molecule is Cc1ccc(C2CCCC2C(F)(F)F)cc1. The van der Waals surface area contributed by atoms with Gasteiger partial charge in [-0.15, -0.1) is 0 Å². The number of hydrogen-bond donors (Lipinski definition) is 0. The molecule has 16 heavy (non-hydrogen) atoms. The lowest BCUT2D eigenvalue weighted by Gasteiger charge is -2.22. The molecule has 1 aliphatic rings. The van der Waals surface area contributed by atoms with Gasteiger partial charge in [0.1, 0.15) is 0 Å². The molecule has 1 aromatic rings. The van der Waals surface area contributed by atoms with E-state index in [-0.39, 0.29) is 12.3 Å². The minimum absolute atomic E-state index is 0.280. The van der Waals surface area contributed by atoms with Gasteiger partial charge in [0, 0.05) is 0 Å². The summed E-state index contributed by atoms with van der Waals surface area (Å²) in [5.74, 6) is -1.48. The molecule has 1 aromatic carbocycles. The third-order valence-corrected chi connectivity index (χ3v) is 3.44. The van der Waals surface area contributed by atoms with E-state index in [9.17, 15) is 13.2 Å². The number of alkyl halides is 3. The van der Waals surface area contributed by atoms with Crippen LogP contribution in [0.4, 0.5) is 13.2 Å².